The van der Waals surface area contributed by atoms with Crippen molar-refractivity contribution in [2.45, 2.75) is 58.6 Å². The third kappa shape index (κ3) is 6.32. The minimum absolute atomic E-state index is 0.122. The molecule has 0 spiro atoms. The van der Waals surface area contributed by atoms with Crippen molar-refractivity contribution >= 4 is 5.91 Å². The number of rotatable bonds is 8. The van der Waals surface area contributed by atoms with Crippen molar-refractivity contribution in [3.63, 3.8) is 0 Å². The largest absolute Gasteiger partial charge is 0.389 e. The van der Waals surface area contributed by atoms with Gasteiger partial charge in [0.15, 0.2) is 0 Å². The fourth-order valence-electron chi connectivity index (χ4n) is 2.62. The van der Waals surface area contributed by atoms with E-state index in [9.17, 15) is 9.90 Å². The van der Waals surface area contributed by atoms with Gasteiger partial charge in [-0.3, -0.25) is 14.6 Å². The Morgan fingerprint density at radius 1 is 1.14 bits per heavy atom. The molecule has 124 valence electrons. The van der Waals surface area contributed by atoms with Crippen molar-refractivity contribution in [2.24, 2.45) is 0 Å². The summed E-state index contributed by atoms with van der Waals surface area (Å²) in [5.41, 5.74) is -0.559. The van der Waals surface area contributed by atoms with Gasteiger partial charge in [-0.25, -0.2) is 0 Å². The van der Waals surface area contributed by atoms with Gasteiger partial charge in [0.2, 0.25) is 5.91 Å². The van der Waals surface area contributed by atoms with E-state index in [0.29, 0.717) is 6.54 Å². The first kappa shape index (κ1) is 18.4. The fraction of sp³-hybridized carbons (Fsp3) is 0.938. The van der Waals surface area contributed by atoms with Gasteiger partial charge in [0.05, 0.1) is 12.1 Å². The van der Waals surface area contributed by atoms with Crippen molar-refractivity contribution in [1.29, 1.82) is 0 Å². The SMILES string of the molecule is CCC(C)NC(=O)CN1CCN(CC(O)(CC)CC)CC1. The Hall–Kier alpha value is -0.650. The molecule has 0 bridgehead atoms. The number of nitrogens with zero attached hydrogens (tertiary/aromatic N) is 2. The fourth-order valence-corrected chi connectivity index (χ4v) is 2.62. The van der Waals surface area contributed by atoms with E-state index in [1.165, 1.54) is 0 Å². The monoisotopic (exact) mass is 299 g/mol. The van der Waals surface area contributed by atoms with E-state index in [1.807, 2.05) is 20.8 Å². The summed E-state index contributed by atoms with van der Waals surface area (Å²) < 4.78 is 0. The first-order valence-corrected chi connectivity index (χ1v) is 8.38. The summed E-state index contributed by atoms with van der Waals surface area (Å²) >= 11 is 0. The highest BCUT2D eigenvalue weighted by Gasteiger charge is 2.28. The molecule has 0 aromatic carbocycles. The smallest absolute Gasteiger partial charge is 0.234 e. The van der Waals surface area contributed by atoms with Crippen LogP contribution >= 0.6 is 0 Å². The molecule has 1 unspecified atom stereocenters. The van der Waals surface area contributed by atoms with Gasteiger partial charge in [-0.2, -0.15) is 0 Å². The number of piperazine rings is 1. The highest BCUT2D eigenvalue weighted by molar-refractivity contribution is 5.78. The second-order valence-corrected chi connectivity index (χ2v) is 6.36. The van der Waals surface area contributed by atoms with E-state index < -0.39 is 5.60 Å². The summed E-state index contributed by atoms with van der Waals surface area (Å²) in [6.45, 7) is 13.1. The van der Waals surface area contributed by atoms with Gasteiger partial charge in [0.1, 0.15) is 0 Å². The topological polar surface area (TPSA) is 55.8 Å². The molecule has 0 aromatic rings. The lowest BCUT2D eigenvalue weighted by Crippen LogP contribution is -2.53. The number of nitrogens with one attached hydrogen (secondary N) is 1. The van der Waals surface area contributed by atoms with Crippen molar-refractivity contribution in [1.82, 2.24) is 15.1 Å². The number of β-amino-alcohol motifs (C(OH)–C–C–N with tert-alkyl or cyclic N) is 1. The summed E-state index contributed by atoms with van der Waals surface area (Å²) in [5, 5.41) is 13.4. The standard InChI is InChI=1S/C16H33N3O2/c1-5-14(4)17-15(20)12-18-8-10-19(11-9-18)13-16(21,6-2)7-3/h14,21H,5-13H2,1-4H3,(H,17,20). The second kappa shape index (κ2) is 8.71. The van der Waals surface area contributed by atoms with Crippen molar-refractivity contribution < 1.29 is 9.90 Å². The van der Waals surface area contributed by atoms with Gasteiger partial charge in [0, 0.05) is 38.8 Å². The molecule has 0 aromatic heterocycles. The number of hydrogen-bond acceptors (Lipinski definition) is 4. The van der Waals surface area contributed by atoms with E-state index in [1.54, 1.807) is 0 Å². The molecule has 1 fully saturated rings. The van der Waals surface area contributed by atoms with Crippen LogP contribution in [0.3, 0.4) is 0 Å². The summed E-state index contributed by atoms with van der Waals surface area (Å²) in [7, 11) is 0. The molecular weight excluding hydrogens is 266 g/mol. The lowest BCUT2D eigenvalue weighted by molar-refractivity contribution is -0.123. The second-order valence-electron chi connectivity index (χ2n) is 6.36. The van der Waals surface area contributed by atoms with Crippen LogP contribution in [0.1, 0.15) is 47.0 Å². The molecule has 1 saturated heterocycles. The minimum atomic E-state index is -0.559. The predicted molar refractivity (Wildman–Crippen MR) is 86.3 cm³/mol. The van der Waals surface area contributed by atoms with Crippen LogP contribution in [0.2, 0.25) is 0 Å². The third-order valence-electron chi connectivity index (χ3n) is 4.69. The van der Waals surface area contributed by atoms with Crippen molar-refractivity contribution in [2.75, 3.05) is 39.3 Å². The Balaban J connectivity index is 2.30. The molecule has 21 heavy (non-hydrogen) atoms. The van der Waals surface area contributed by atoms with Crippen LogP contribution in [0.25, 0.3) is 0 Å². The van der Waals surface area contributed by atoms with Crippen LogP contribution in [-0.4, -0.2) is 71.7 Å². The number of carbonyl (C=O) groups excluding carboxylic acids is 1. The Bertz CT molecular complexity index is 311. The normalized spacial score (nSPS) is 19.5. The molecule has 1 aliphatic rings. The van der Waals surface area contributed by atoms with Gasteiger partial charge in [-0.05, 0) is 26.2 Å². The maximum Gasteiger partial charge on any atom is 0.234 e. The van der Waals surface area contributed by atoms with E-state index >= 15 is 0 Å². The highest BCUT2D eigenvalue weighted by atomic mass is 16.3. The quantitative estimate of drug-likeness (QED) is 0.704. The van der Waals surface area contributed by atoms with Crippen molar-refractivity contribution in [3.8, 4) is 0 Å². The van der Waals surface area contributed by atoms with Gasteiger partial charge < -0.3 is 10.4 Å². The van der Waals surface area contributed by atoms with Gasteiger partial charge in [-0.1, -0.05) is 20.8 Å². The highest BCUT2D eigenvalue weighted by Crippen LogP contribution is 2.17. The lowest BCUT2D eigenvalue weighted by atomic mass is 9.96. The average Bonchev–Trinajstić information content (AvgIpc) is 2.48. The van der Waals surface area contributed by atoms with Gasteiger partial charge >= 0.3 is 0 Å². The average molecular weight is 299 g/mol. The maximum absolute atomic E-state index is 11.9. The summed E-state index contributed by atoms with van der Waals surface area (Å²) in [6.07, 6.45) is 2.55. The summed E-state index contributed by atoms with van der Waals surface area (Å²) in [5.74, 6) is 0.122. The van der Waals surface area contributed by atoms with Crippen LogP contribution in [0.15, 0.2) is 0 Å². The number of hydrogen-bond donors (Lipinski definition) is 2. The van der Waals surface area contributed by atoms with Crippen LogP contribution in [0.4, 0.5) is 0 Å². The lowest BCUT2D eigenvalue weighted by Gasteiger charge is -2.38. The molecule has 5 nitrogen and oxygen atoms in total. The summed E-state index contributed by atoms with van der Waals surface area (Å²) in [4.78, 5) is 16.4. The van der Waals surface area contributed by atoms with E-state index in [-0.39, 0.29) is 11.9 Å². The number of aliphatic hydroxyl groups is 1. The van der Waals surface area contributed by atoms with Gasteiger partial charge in [0.25, 0.3) is 0 Å². The Morgan fingerprint density at radius 2 is 1.67 bits per heavy atom. The molecule has 5 heteroatoms. The third-order valence-corrected chi connectivity index (χ3v) is 4.69. The summed E-state index contributed by atoms with van der Waals surface area (Å²) in [6, 6.07) is 0.253. The van der Waals surface area contributed by atoms with Gasteiger partial charge in [-0.15, -0.1) is 0 Å². The molecule has 1 rings (SSSR count). The number of carbonyl (C=O) groups is 1. The maximum atomic E-state index is 11.9. The Labute approximate surface area is 129 Å². The zero-order valence-corrected chi connectivity index (χ0v) is 14.2. The Morgan fingerprint density at radius 3 is 2.14 bits per heavy atom. The zero-order chi connectivity index (χ0) is 15.9. The first-order chi connectivity index (χ1) is 9.92. The van der Waals surface area contributed by atoms with Crippen LogP contribution in [-0.2, 0) is 4.79 Å². The van der Waals surface area contributed by atoms with Crippen molar-refractivity contribution in [3.05, 3.63) is 0 Å². The van der Waals surface area contributed by atoms with E-state index in [2.05, 4.69) is 22.0 Å². The molecule has 1 aliphatic heterocycles. The molecule has 2 N–H and O–H groups in total. The van der Waals surface area contributed by atoms with Crippen LogP contribution in [0, 0.1) is 0 Å². The molecule has 0 saturated carbocycles. The van der Waals surface area contributed by atoms with E-state index in [4.69, 9.17) is 0 Å². The molecule has 1 amide bonds. The molecule has 1 atom stereocenters. The molecule has 1 heterocycles. The molecule has 0 aliphatic carbocycles. The first-order valence-electron chi connectivity index (χ1n) is 8.38. The number of amides is 1. The Kier molecular flexibility index (Phi) is 7.63. The predicted octanol–water partition coefficient (Wildman–Crippen LogP) is 1.07. The van der Waals surface area contributed by atoms with Crippen LogP contribution in [0.5, 0.6) is 0 Å². The minimum Gasteiger partial charge on any atom is -0.389 e. The van der Waals surface area contributed by atoms with Crippen LogP contribution < -0.4 is 5.32 Å². The van der Waals surface area contributed by atoms with E-state index in [0.717, 1.165) is 52.0 Å². The molecule has 0 radical (unpaired) electrons. The zero-order valence-electron chi connectivity index (χ0n) is 14.2. The molecular formula is C16H33N3O2.